The lowest BCUT2D eigenvalue weighted by molar-refractivity contribution is 0.294. The van der Waals surface area contributed by atoms with Gasteiger partial charge in [-0.25, -0.2) is 0 Å². The average Bonchev–Trinajstić information content (AvgIpc) is 2.19. The third-order valence-electron chi connectivity index (χ3n) is 2.36. The molecule has 0 saturated carbocycles. The van der Waals surface area contributed by atoms with Gasteiger partial charge in [-0.2, -0.15) is 0 Å². The SMILES string of the molecule is CNCC(c1cccc(Cl)c1Cl)N(C)C. The highest BCUT2D eigenvalue weighted by molar-refractivity contribution is 6.42. The fourth-order valence-electron chi connectivity index (χ4n) is 1.54. The van der Waals surface area contributed by atoms with Crippen LogP contribution in [0.15, 0.2) is 18.2 Å². The summed E-state index contributed by atoms with van der Waals surface area (Å²) in [6.45, 7) is 0.840. The molecule has 1 aromatic rings. The van der Waals surface area contributed by atoms with Crippen LogP contribution in [-0.4, -0.2) is 32.6 Å². The van der Waals surface area contributed by atoms with Crippen molar-refractivity contribution in [2.24, 2.45) is 0 Å². The third kappa shape index (κ3) is 3.08. The van der Waals surface area contributed by atoms with Crippen molar-refractivity contribution >= 4 is 23.2 Å². The zero-order chi connectivity index (χ0) is 11.4. The number of nitrogens with zero attached hydrogens (tertiary/aromatic N) is 1. The van der Waals surface area contributed by atoms with Crippen LogP contribution in [0.2, 0.25) is 10.0 Å². The molecule has 0 amide bonds. The van der Waals surface area contributed by atoms with E-state index in [0.29, 0.717) is 10.0 Å². The average molecular weight is 247 g/mol. The number of halogens is 2. The van der Waals surface area contributed by atoms with Crippen molar-refractivity contribution < 1.29 is 0 Å². The molecule has 0 aromatic heterocycles. The minimum Gasteiger partial charge on any atom is -0.318 e. The quantitative estimate of drug-likeness (QED) is 0.880. The van der Waals surface area contributed by atoms with Crippen LogP contribution in [0.4, 0.5) is 0 Å². The number of nitrogens with one attached hydrogen (secondary N) is 1. The van der Waals surface area contributed by atoms with E-state index in [1.165, 1.54) is 0 Å². The third-order valence-corrected chi connectivity index (χ3v) is 3.19. The lowest BCUT2D eigenvalue weighted by Gasteiger charge is -2.25. The van der Waals surface area contributed by atoms with E-state index < -0.39 is 0 Å². The van der Waals surface area contributed by atoms with Crippen LogP contribution < -0.4 is 5.32 Å². The molecule has 1 unspecified atom stereocenters. The molecular formula is C11H16Cl2N2. The van der Waals surface area contributed by atoms with Crippen LogP contribution in [0.25, 0.3) is 0 Å². The summed E-state index contributed by atoms with van der Waals surface area (Å²) in [7, 11) is 5.98. The maximum Gasteiger partial charge on any atom is 0.0640 e. The van der Waals surface area contributed by atoms with E-state index in [-0.39, 0.29) is 6.04 Å². The largest absolute Gasteiger partial charge is 0.318 e. The highest BCUT2D eigenvalue weighted by Gasteiger charge is 2.17. The zero-order valence-corrected chi connectivity index (χ0v) is 10.7. The van der Waals surface area contributed by atoms with Crippen molar-refractivity contribution in [1.82, 2.24) is 10.2 Å². The molecule has 0 aliphatic rings. The van der Waals surface area contributed by atoms with Gasteiger partial charge in [-0.15, -0.1) is 0 Å². The van der Waals surface area contributed by atoms with E-state index in [4.69, 9.17) is 23.2 Å². The van der Waals surface area contributed by atoms with Crippen LogP contribution in [-0.2, 0) is 0 Å². The first-order valence-corrected chi connectivity index (χ1v) is 5.58. The van der Waals surface area contributed by atoms with Gasteiger partial charge in [-0.1, -0.05) is 35.3 Å². The minimum absolute atomic E-state index is 0.237. The highest BCUT2D eigenvalue weighted by atomic mass is 35.5. The summed E-state index contributed by atoms with van der Waals surface area (Å²) >= 11 is 12.2. The van der Waals surface area contributed by atoms with E-state index in [2.05, 4.69) is 10.2 Å². The molecule has 0 fully saturated rings. The highest BCUT2D eigenvalue weighted by Crippen LogP contribution is 2.31. The normalized spacial score (nSPS) is 13.2. The summed E-state index contributed by atoms with van der Waals surface area (Å²) in [6.07, 6.45) is 0. The molecule has 0 heterocycles. The van der Waals surface area contributed by atoms with Crippen molar-refractivity contribution in [3.63, 3.8) is 0 Å². The fourth-order valence-corrected chi connectivity index (χ4v) is 1.98. The Kier molecular flexibility index (Phi) is 4.87. The van der Waals surface area contributed by atoms with E-state index in [0.717, 1.165) is 12.1 Å². The molecule has 0 bridgehead atoms. The molecule has 0 saturated heterocycles. The first-order valence-electron chi connectivity index (χ1n) is 4.83. The Morgan fingerprint density at radius 2 is 2.00 bits per heavy atom. The predicted octanol–water partition coefficient (Wildman–Crippen LogP) is 2.82. The molecule has 84 valence electrons. The molecule has 0 aliphatic carbocycles. The molecular weight excluding hydrogens is 231 g/mol. The summed E-state index contributed by atoms with van der Waals surface area (Å²) in [5.74, 6) is 0. The summed E-state index contributed by atoms with van der Waals surface area (Å²) in [5.41, 5.74) is 1.06. The molecule has 0 aliphatic heterocycles. The van der Waals surface area contributed by atoms with E-state index in [1.807, 2.05) is 33.3 Å². The Morgan fingerprint density at radius 3 is 2.53 bits per heavy atom. The van der Waals surface area contributed by atoms with Gasteiger partial charge in [0.1, 0.15) is 0 Å². The first kappa shape index (κ1) is 12.8. The van der Waals surface area contributed by atoms with Gasteiger partial charge in [0.2, 0.25) is 0 Å². The van der Waals surface area contributed by atoms with Gasteiger partial charge in [0.05, 0.1) is 10.0 Å². The molecule has 0 spiro atoms. The molecule has 0 radical (unpaired) electrons. The number of rotatable bonds is 4. The van der Waals surface area contributed by atoms with E-state index >= 15 is 0 Å². The molecule has 15 heavy (non-hydrogen) atoms. The molecule has 1 atom stereocenters. The fraction of sp³-hybridized carbons (Fsp3) is 0.455. The number of hydrogen-bond donors (Lipinski definition) is 1. The van der Waals surface area contributed by atoms with Gasteiger partial charge >= 0.3 is 0 Å². The minimum atomic E-state index is 0.237. The summed E-state index contributed by atoms with van der Waals surface area (Å²) < 4.78 is 0. The van der Waals surface area contributed by atoms with E-state index in [9.17, 15) is 0 Å². The van der Waals surface area contributed by atoms with Gasteiger partial charge < -0.3 is 10.2 Å². The standard InChI is InChI=1S/C11H16Cl2N2/c1-14-7-10(15(2)3)8-5-4-6-9(12)11(8)13/h4-6,10,14H,7H2,1-3H3. The summed E-state index contributed by atoms with van der Waals surface area (Å²) in [6, 6.07) is 5.98. The van der Waals surface area contributed by atoms with Crippen LogP contribution in [0, 0.1) is 0 Å². The maximum atomic E-state index is 6.18. The lowest BCUT2D eigenvalue weighted by Crippen LogP contribution is -2.29. The van der Waals surface area contributed by atoms with E-state index in [1.54, 1.807) is 6.07 Å². The molecule has 1 rings (SSSR count). The number of benzene rings is 1. The van der Waals surface area contributed by atoms with Gasteiger partial charge in [0.25, 0.3) is 0 Å². The smallest absolute Gasteiger partial charge is 0.0640 e. The Bertz CT molecular complexity index is 326. The first-order chi connectivity index (χ1) is 7.07. The van der Waals surface area contributed by atoms with Crippen molar-refractivity contribution in [3.05, 3.63) is 33.8 Å². The second-order valence-corrected chi connectivity index (χ2v) is 4.47. The number of hydrogen-bond acceptors (Lipinski definition) is 2. The maximum absolute atomic E-state index is 6.18. The molecule has 2 nitrogen and oxygen atoms in total. The van der Waals surface area contributed by atoms with Crippen LogP contribution >= 0.6 is 23.2 Å². The Balaban J connectivity index is 3.05. The Morgan fingerprint density at radius 1 is 1.33 bits per heavy atom. The molecule has 1 aromatic carbocycles. The van der Waals surface area contributed by atoms with Gasteiger partial charge in [0, 0.05) is 12.6 Å². The van der Waals surface area contributed by atoms with Crippen molar-refractivity contribution in [2.45, 2.75) is 6.04 Å². The van der Waals surface area contributed by atoms with Crippen molar-refractivity contribution in [2.75, 3.05) is 27.7 Å². The summed E-state index contributed by atoms with van der Waals surface area (Å²) in [5, 5.41) is 4.41. The molecule has 4 heteroatoms. The zero-order valence-electron chi connectivity index (χ0n) is 9.22. The second-order valence-electron chi connectivity index (χ2n) is 3.68. The Labute approximate surface area is 101 Å². The predicted molar refractivity (Wildman–Crippen MR) is 66.8 cm³/mol. The van der Waals surface area contributed by atoms with Crippen LogP contribution in [0.1, 0.15) is 11.6 Å². The Hall–Kier alpha value is -0.280. The van der Waals surface area contributed by atoms with Crippen molar-refractivity contribution in [3.8, 4) is 0 Å². The van der Waals surface area contributed by atoms with Gasteiger partial charge in [0.15, 0.2) is 0 Å². The number of likely N-dealkylation sites (N-methyl/N-ethyl adjacent to an activating group) is 2. The van der Waals surface area contributed by atoms with Crippen molar-refractivity contribution in [1.29, 1.82) is 0 Å². The van der Waals surface area contributed by atoms with Gasteiger partial charge in [-0.3, -0.25) is 0 Å². The monoisotopic (exact) mass is 246 g/mol. The van der Waals surface area contributed by atoms with Crippen LogP contribution in [0.5, 0.6) is 0 Å². The summed E-state index contributed by atoms with van der Waals surface area (Å²) in [4.78, 5) is 2.12. The van der Waals surface area contributed by atoms with Crippen LogP contribution in [0.3, 0.4) is 0 Å². The second kappa shape index (κ2) is 5.71. The van der Waals surface area contributed by atoms with Gasteiger partial charge in [-0.05, 0) is 32.8 Å². The lowest BCUT2D eigenvalue weighted by atomic mass is 10.1. The molecule has 1 N–H and O–H groups in total. The topological polar surface area (TPSA) is 15.3 Å².